The van der Waals surface area contributed by atoms with Crippen LogP contribution in [0.1, 0.15) is 43.6 Å². The van der Waals surface area contributed by atoms with Gasteiger partial charge >= 0.3 is 0 Å². The van der Waals surface area contributed by atoms with Crippen LogP contribution in [0.15, 0.2) is 30.3 Å². The summed E-state index contributed by atoms with van der Waals surface area (Å²) < 4.78 is 27.0. The first-order chi connectivity index (χ1) is 10.6. The van der Waals surface area contributed by atoms with Crippen LogP contribution in [0.3, 0.4) is 0 Å². The molecule has 0 spiro atoms. The number of hydrogen-bond acceptors (Lipinski definition) is 3. The molecule has 0 aromatic heterocycles. The summed E-state index contributed by atoms with van der Waals surface area (Å²) in [6, 6.07) is 9.93. The van der Waals surface area contributed by atoms with Gasteiger partial charge in [0.05, 0.1) is 5.75 Å². The Morgan fingerprint density at radius 3 is 2.41 bits per heavy atom. The van der Waals surface area contributed by atoms with Gasteiger partial charge in [-0.2, -0.15) is 4.31 Å². The van der Waals surface area contributed by atoms with Crippen LogP contribution in [0.5, 0.6) is 0 Å². The summed E-state index contributed by atoms with van der Waals surface area (Å²) in [5.74, 6) is 0.759. The predicted octanol–water partition coefficient (Wildman–Crippen LogP) is 2.32. The fourth-order valence-corrected chi connectivity index (χ4v) is 5.76. The second-order valence-electron chi connectivity index (χ2n) is 6.78. The van der Waals surface area contributed by atoms with Crippen molar-refractivity contribution >= 4 is 10.0 Å². The van der Waals surface area contributed by atoms with Crippen LogP contribution in [-0.4, -0.2) is 37.6 Å². The van der Waals surface area contributed by atoms with Crippen LogP contribution in [0, 0.1) is 5.92 Å². The largest absolute Gasteiger partial charge is 0.326 e. The van der Waals surface area contributed by atoms with Gasteiger partial charge < -0.3 is 5.73 Å². The standard InChI is InChI=1S/C17H26N2O2S/c18-17-12-19(11-16(17)15-9-5-2-6-10-15)22(20,21)13-14-7-3-1-4-8-14/h2,5-6,9-10,14,16-17H,1,3-4,7-8,11-13,18H2/t16-,17+/m0/s1. The monoisotopic (exact) mass is 322 g/mol. The highest BCUT2D eigenvalue weighted by atomic mass is 32.2. The van der Waals surface area contributed by atoms with Crippen molar-refractivity contribution in [3.63, 3.8) is 0 Å². The minimum Gasteiger partial charge on any atom is -0.326 e. The Morgan fingerprint density at radius 2 is 1.73 bits per heavy atom. The Kier molecular flexibility index (Phi) is 4.85. The Morgan fingerprint density at radius 1 is 1.05 bits per heavy atom. The lowest BCUT2D eigenvalue weighted by Crippen LogP contribution is -2.36. The fourth-order valence-electron chi connectivity index (χ4n) is 3.83. The van der Waals surface area contributed by atoms with E-state index in [9.17, 15) is 8.42 Å². The van der Waals surface area contributed by atoms with Crippen LogP contribution in [0.25, 0.3) is 0 Å². The Hall–Kier alpha value is -0.910. The maximum absolute atomic E-state index is 12.7. The van der Waals surface area contributed by atoms with E-state index < -0.39 is 10.0 Å². The molecule has 0 unspecified atom stereocenters. The smallest absolute Gasteiger partial charge is 0.214 e. The Labute approximate surface area is 133 Å². The number of hydrogen-bond donors (Lipinski definition) is 1. The lowest BCUT2D eigenvalue weighted by Gasteiger charge is -2.24. The van der Waals surface area contributed by atoms with Gasteiger partial charge in [-0.15, -0.1) is 0 Å². The molecule has 0 radical (unpaired) electrons. The van der Waals surface area contributed by atoms with Crippen molar-refractivity contribution in [3.05, 3.63) is 35.9 Å². The highest BCUT2D eigenvalue weighted by molar-refractivity contribution is 7.89. The fraction of sp³-hybridized carbons (Fsp3) is 0.647. The number of nitrogens with zero attached hydrogens (tertiary/aromatic N) is 1. The quantitative estimate of drug-likeness (QED) is 0.925. The van der Waals surface area contributed by atoms with Gasteiger partial charge in [0.1, 0.15) is 0 Å². The number of rotatable bonds is 4. The van der Waals surface area contributed by atoms with Gasteiger partial charge in [-0.05, 0) is 24.3 Å². The van der Waals surface area contributed by atoms with Crippen molar-refractivity contribution in [3.8, 4) is 0 Å². The zero-order valence-corrected chi connectivity index (χ0v) is 13.8. The van der Waals surface area contributed by atoms with Crippen molar-refractivity contribution in [1.29, 1.82) is 0 Å². The molecule has 5 heteroatoms. The van der Waals surface area contributed by atoms with E-state index >= 15 is 0 Å². The van der Waals surface area contributed by atoms with E-state index in [0.29, 0.717) is 24.8 Å². The molecule has 1 aromatic rings. The third-order valence-electron chi connectivity index (χ3n) is 5.12. The van der Waals surface area contributed by atoms with E-state index in [1.165, 1.54) is 19.3 Å². The summed E-state index contributed by atoms with van der Waals surface area (Å²) >= 11 is 0. The minimum absolute atomic E-state index is 0.108. The molecule has 1 saturated heterocycles. The van der Waals surface area contributed by atoms with E-state index in [1.54, 1.807) is 4.31 Å². The van der Waals surface area contributed by atoms with Gasteiger partial charge in [-0.3, -0.25) is 0 Å². The second kappa shape index (κ2) is 6.69. The van der Waals surface area contributed by atoms with E-state index in [1.807, 2.05) is 30.3 Å². The van der Waals surface area contributed by atoms with Crippen LogP contribution >= 0.6 is 0 Å². The topological polar surface area (TPSA) is 63.4 Å². The second-order valence-corrected chi connectivity index (χ2v) is 8.79. The number of nitrogens with two attached hydrogens (primary N) is 1. The lowest BCUT2D eigenvalue weighted by atomic mass is 9.91. The van der Waals surface area contributed by atoms with Crippen molar-refractivity contribution < 1.29 is 8.42 Å². The third kappa shape index (κ3) is 3.53. The van der Waals surface area contributed by atoms with Crippen molar-refractivity contribution in [2.24, 2.45) is 11.7 Å². The number of benzene rings is 1. The van der Waals surface area contributed by atoms with Gasteiger partial charge in [0.25, 0.3) is 0 Å². The molecular formula is C17H26N2O2S. The normalized spacial score (nSPS) is 28.0. The van der Waals surface area contributed by atoms with E-state index in [2.05, 4.69) is 0 Å². The van der Waals surface area contributed by atoms with Crippen LogP contribution < -0.4 is 5.73 Å². The first-order valence-electron chi connectivity index (χ1n) is 8.34. The van der Waals surface area contributed by atoms with Crippen molar-refractivity contribution in [1.82, 2.24) is 4.31 Å². The lowest BCUT2D eigenvalue weighted by molar-refractivity contribution is 0.375. The van der Waals surface area contributed by atoms with Crippen molar-refractivity contribution in [2.45, 2.75) is 44.1 Å². The third-order valence-corrected chi connectivity index (χ3v) is 7.10. The molecule has 4 nitrogen and oxygen atoms in total. The molecule has 1 aromatic carbocycles. The van der Waals surface area contributed by atoms with E-state index in [-0.39, 0.29) is 12.0 Å². The highest BCUT2D eigenvalue weighted by Crippen LogP contribution is 2.31. The zero-order valence-electron chi connectivity index (χ0n) is 13.0. The molecule has 2 fully saturated rings. The van der Waals surface area contributed by atoms with Gasteiger partial charge in [-0.1, -0.05) is 49.6 Å². The van der Waals surface area contributed by atoms with E-state index in [4.69, 9.17) is 5.73 Å². The zero-order chi connectivity index (χ0) is 15.6. The SMILES string of the molecule is N[C@@H]1CN(S(=O)(=O)CC2CCCCC2)C[C@H]1c1ccccc1. The molecule has 2 aliphatic rings. The van der Waals surface area contributed by atoms with Crippen LogP contribution in [-0.2, 0) is 10.0 Å². The molecule has 0 amide bonds. The summed E-state index contributed by atoms with van der Waals surface area (Å²) in [6.07, 6.45) is 5.71. The molecular weight excluding hydrogens is 296 g/mol. The van der Waals surface area contributed by atoms with Crippen LogP contribution in [0.4, 0.5) is 0 Å². The molecule has 3 rings (SSSR count). The van der Waals surface area contributed by atoms with Gasteiger partial charge in [0, 0.05) is 25.0 Å². The van der Waals surface area contributed by atoms with Gasteiger partial charge in [-0.25, -0.2) is 8.42 Å². The average Bonchev–Trinajstić information content (AvgIpc) is 2.92. The summed E-state index contributed by atoms with van der Waals surface area (Å²) in [5.41, 5.74) is 7.37. The highest BCUT2D eigenvalue weighted by Gasteiger charge is 2.38. The molecule has 1 aliphatic heterocycles. The molecule has 1 saturated carbocycles. The molecule has 22 heavy (non-hydrogen) atoms. The van der Waals surface area contributed by atoms with Gasteiger partial charge in [0.2, 0.25) is 10.0 Å². The van der Waals surface area contributed by atoms with Crippen LogP contribution in [0.2, 0.25) is 0 Å². The average molecular weight is 322 g/mol. The number of sulfonamides is 1. The maximum atomic E-state index is 12.7. The molecule has 2 N–H and O–H groups in total. The van der Waals surface area contributed by atoms with E-state index in [0.717, 1.165) is 18.4 Å². The van der Waals surface area contributed by atoms with Gasteiger partial charge in [0.15, 0.2) is 0 Å². The molecule has 1 heterocycles. The molecule has 1 aliphatic carbocycles. The summed E-state index contributed by atoms with van der Waals surface area (Å²) in [7, 11) is -3.18. The summed E-state index contributed by atoms with van der Waals surface area (Å²) in [6.45, 7) is 0.981. The summed E-state index contributed by atoms with van der Waals surface area (Å²) in [4.78, 5) is 0. The first kappa shape index (κ1) is 16.0. The summed E-state index contributed by atoms with van der Waals surface area (Å²) in [5, 5.41) is 0. The molecule has 122 valence electrons. The predicted molar refractivity (Wildman–Crippen MR) is 89.1 cm³/mol. The molecule has 2 atom stereocenters. The molecule has 0 bridgehead atoms. The maximum Gasteiger partial charge on any atom is 0.214 e. The Bertz CT molecular complexity index is 582. The Balaban J connectivity index is 1.67. The minimum atomic E-state index is -3.18. The first-order valence-corrected chi connectivity index (χ1v) is 9.95. The van der Waals surface area contributed by atoms with Crippen molar-refractivity contribution in [2.75, 3.05) is 18.8 Å².